The molecule has 0 radical (unpaired) electrons. The molecule has 2 rings (SSSR count). The third kappa shape index (κ3) is 4.51. The molecule has 0 heterocycles. The molecule has 0 aliphatic heterocycles. The van der Waals surface area contributed by atoms with Crippen molar-refractivity contribution >= 4 is 0 Å². The van der Waals surface area contributed by atoms with Gasteiger partial charge in [-0.2, -0.15) is 0 Å². The van der Waals surface area contributed by atoms with E-state index in [1.807, 2.05) is 26.0 Å². The minimum atomic E-state index is -0.444. The molecule has 0 amide bonds. The van der Waals surface area contributed by atoms with Crippen LogP contribution in [0.4, 0.5) is 0 Å². The van der Waals surface area contributed by atoms with E-state index >= 15 is 0 Å². The molecule has 1 saturated carbocycles. The lowest BCUT2D eigenvalue weighted by atomic mass is 10.1. The Morgan fingerprint density at radius 1 is 1.32 bits per heavy atom. The summed E-state index contributed by atoms with van der Waals surface area (Å²) in [4.78, 5) is 0. The maximum atomic E-state index is 9.94. The standard InChI is InChI=1S/C16H25NO2/c1-12-7-8-13(2)16(9-12)19-11-15(18)10-17-14-5-3-4-6-14/h7-9,14-15,17-18H,3-6,10-11H2,1-2H3/t15-/m0/s1. The third-order valence-corrected chi connectivity index (χ3v) is 3.77. The van der Waals surface area contributed by atoms with Gasteiger partial charge in [-0.15, -0.1) is 0 Å². The van der Waals surface area contributed by atoms with E-state index in [2.05, 4.69) is 11.4 Å². The normalized spacial score (nSPS) is 17.6. The van der Waals surface area contributed by atoms with Crippen molar-refractivity contribution in [1.29, 1.82) is 0 Å². The van der Waals surface area contributed by atoms with Gasteiger partial charge in [0, 0.05) is 12.6 Å². The van der Waals surface area contributed by atoms with Gasteiger partial charge in [-0.1, -0.05) is 25.0 Å². The molecule has 0 unspecified atom stereocenters. The number of aliphatic hydroxyl groups is 1. The molecule has 0 bridgehead atoms. The number of benzene rings is 1. The van der Waals surface area contributed by atoms with Crippen molar-refractivity contribution in [1.82, 2.24) is 5.32 Å². The van der Waals surface area contributed by atoms with E-state index in [4.69, 9.17) is 4.74 Å². The summed E-state index contributed by atoms with van der Waals surface area (Å²) < 4.78 is 5.70. The molecule has 2 N–H and O–H groups in total. The highest BCUT2D eigenvalue weighted by Crippen LogP contribution is 2.19. The van der Waals surface area contributed by atoms with Crippen LogP contribution in [0.1, 0.15) is 36.8 Å². The van der Waals surface area contributed by atoms with Gasteiger partial charge in [0.1, 0.15) is 18.5 Å². The summed E-state index contributed by atoms with van der Waals surface area (Å²) in [5.41, 5.74) is 2.29. The molecule has 106 valence electrons. The van der Waals surface area contributed by atoms with Crippen LogP contribution in [0.2, 0.25) is 0 Å². The maximum absolute atomic E-state index is 9.94. The van der Waals surface area contributed by atoms with Crippen LogP contribution in [0.15, 0.2) is 18.2 Å². The van der Waals surface area contributed by atoms with E-state index in [0.29, 0.717) is 19.2 Å². The van der Waals surface area contributed by atoms with E-state index in [-0.39, 0.29) is 0 Å². The fourth-order valence-corrected chi connectivity index (χ4v) is 2.54. The van der Waals surface area contributed by atoms with Gasteiger partial charge < -0.3 is 15.2 Å². The zero-order valence-corrected chi connectivity index (χ0v) is 12.0. The van der Waals surface area contributed by atoms with E-state index in [1.54, 1.807) is 0 Å². The van der Waals surface area contributed by atoms with Crippen LogP contribution in [0, 0.1) is 13.8 Å². The van der Waals surface area contributed by atoms with Gasteiger partial charge in [0.25, 0.3) is 0 Å². The molecule has 0 spiro atoms. The highest BCUT2D eigenvalue weighted by Gasteiger charge is 2.15. The molecule has 1 aliphatic rings. The summed E-state index contributed by atoms with van der Waals surface area (Å²) >= 11 is 0. The van der Waals surface area contributed by atoms with Crippen molar-refractivity contribution in [3.8, 4) is 5.75 Å². The molecule has 1 aromatic carbocycles. The summed E-state index contributed by atoms with van der Waals surface area (Å²) in [5.74, 6) is 0.875. The third-order valence-electron chi connectivity index (χ3n) is 3.77. The Morgan fingerprint density at radius 2 is 2.05 bits per heavy atom. The summed E-state index contributed by atoms with van der Waals surface area (Å²) in [6.07, 6.45) is 4.66. The lowest BCUT2D eigenvalue weighted by Crippen LogP contribution is -2.36. The summed E-state index contributed by atoms with van der Waals surface area (Å²) in [6, 6.07) is 6.73. The van der Waals surface area contributed by atoms with Crippen molar-refractivity contribution in [2.75, 3.05) is 13.2 Å². The molecule has 0 saturated heterocycles. The fraction of sp³-hybridized carbons (Fsp3) is 0.625. The quantitative estimate of drug-likeness (QED) is 0.829. The number of rotatable bonds is 6. The first-order valence-electron chi connectivity index (χ1n) is 7.26. The Hall–Kier alpha value is -1.06. The molecule has 1 aromatic rings. The maximum Gasteiger partial charge on any atom is 0.122 e. The van der Waals surface area contributed by atoms with Crippen LogP contribution in [0.3, 0.4) is 0 Å². The monoisotopic (exact) mass is 263 g/mol. The minimum absolute atomic E-state index is 0.351. The fourth-order valence-electron chi connectivity index (χ4n) is 2.54. The minimum Gasteiger partial charge on any atom is -0.491 e. The average molecular weight is 263 g/mol. The zero-order chi connectivity index (χ0) is 13.7. The van der Waals surface area contributed by atoms with E-state index < -0.39 is 6.10 Å². The van der Waals surface area contributed by atoms with Crippen LogP contribution in [-0.4, -0.2) is 30.4 Å². The van der Waals surface area contributed by atoms with E-state index in [9.17, 15) is 5.11 Å². The van der Waals surface area contributed by atoms with Crippen molar-refractivity contribution in [3.63, 3.8) is 0 Å². The Balaban J connectivity index is 1.73. The Morgan fingerprint density at radius 3 is 2.79 bits per heavy atom. The first kappa shape index (κ1) is 14.4. The predicted octanol–water partition coefficient (Wildman–Crippen LogP) is 2.58. The van der Waals surface area contributed by atoms with Crippen LogP contribution in [0.5, 0.6) is 5.75 Å². The van der Waals surface area contributed by atoms with E-state index in [0.717, 1.165) is 11.3 Å². The van der Waals surface area contributed by atoms with Crippen molar-refractivity contribution < 1.29 is 9.84 Å². The lowest BCUT2D eigenvalue weighted by Gasteiger charge is -2.17. The predicted molar refractivity (Wildman–Crippen MR) is 77.7 cm³/mol. The lowest BCUT2D eigenvalue weighted by molar-refractivity contribution is 0.103. The second kappa shape index (κ2) is 6.92. The molecule has 19 heavy (non-hydrogen) atoms. The number of aliphatic hydroxyl groups excluding tert-OH is 1. The zero-order valence-electron chi connectivity index (χ0n) is 12.0. The molecule has 1 aliphatic carbocycles. The van der Waals surface area contributed by atoms with Crippen molar-refractivity contribution in [2.24, 2.45) is 0 Å². The van der Waals surface area contributed by atoms with Gasteiger partial charge in [0.05, 0.1) is 0 Å². The molecule has 0 aromatic heterocycles. The summed E-state index contributed by atoms with van der Waals surface area (Å²) in [6.45, 7) is 5.04. The number of hydrogen-bond acceptors (Lipinski definition) is 3. The Kier molecular flexibility index (Phi) is 5.23. The highest BCUT2D eigenvalue weighted by molar-refractivity contribution is 5.35. The number of aryl methyl sites for hydroxylation is 2. The number of ether oxygens (including phenoxy) is 1. The number of nitrogens with one attached hydrogen (secondary N) is 1. The Labute approximate surface area is 116 Å². The SMILES string of the molecule is Cc1ccc(C)c(OC[C@@H](O)CNC2CCCC2)c1. The van der Waals surface area contributed by atoms with Gasteiger partial charge in [0.2, 0.25) is 0 Å². The first-order valence-corrected chi connectivity index (χ1v) is 7.26. The topological polar surface area (TPSA) is 41.5 Å². The molecule has 3 nitrogen and oxygen atoms in total. The highest BCUT2D eigenvalue weighted by atomic mass is 16.5. The first-order chi connectivity index (χ1) is 9.15. The molecule has 3 heteroatoms. The van der Waals surface area contributed by atoms with Crippen molar-refractivity contribution in [3.05, 3.63) is 29.3 Å². The van der Waals surface area contributed by atoms with Crippen LogP contribution in [0.25, 0.3) is 0 Å². The van der Waals surface area contributed by atoms with Gasteiger partial charge in [-0.3, -0.25) is 0 Å². The van der Waals surface area contributed by atoms with Crippen LogP contribution >= 0.6 is 0 Å². The van der Waals surface area contributed by atoms with Crippen LogP contribution < -0.4 is 10.1 Å². The Bertz CT molecular complexity index is 400. The van der Waals surface area contributed by atoms with Gasteiger partial charge in [-0.05, 0) is 43.9 Å². The summed E-state index contributed by atoms with van der Waals surface area (Å²) in [7, 11) is 0. The van der Waals surface area contributed by atoms with Gasteiger partial charge in [0.15, 0.2) is 0 Å². The van der Waals surface area contributed by atoms with Gasteiger partial charge >= 0.3 is 0 Å². The molecular formula is C16H25NO2. The molecule has 1 fully saturated rings. The number of hydrogen-bond donors (Lipinski definition) is 2. The average Bonchev–Trinajstić information content (AvgIpc) is 2.90. The molecule has 1 atom stereocenters. The smallest absolute Gasteiger partial charge is 0.122 e. The second-order valence-electron chi connectivity index (χ2n) is 5.62. The van der Waals surface area contributed by atoms with Crippen molar-refractivity contribution in [2.45, 2.75) is 51.7 Å². The van der Waals surface area contributed by atoms with E-state index in [1.165, 1.54) is 31.2 Å². The van der Waals surface area contributed by atoms with Gasteiger partial charge in [-0.25, -0.2) is 0 Å². The molecular weight excluding hydrogens is 238 g/mol. The van der Waals surface area contributed by atoms with Crippen LogP contribution in [-0.2, 0) is 0 Å². The largest absolute Gasteiger partial charge is 0.491 e. The summed E-state index contributed by atoms with van der Waals surface area (Å²) in [5, 5.41) is 13.4. The second-order valence-corrected chi connectivity index (χ2v) is 5.62.